The van der Waals surface area contributed by atoms with Crippen molar-refractivity contribution in [2.45, 2.75) is 57.2 Å². The Hall–Kier alpha value is -0.570. The molecule has 0 aromatic carbocycles. The predicted molar refractivity (Wildman–Crippen MR) is 56.5 cm³/mol. The van der Waals surface area contributed by atoms with Crippen molar-refractivity contribution >= 4 is 5.97 Å². The second kappa shape index (κ2) is 3.48. The smallest absolute Gasteiger partial charge is 0.340 e. The molecule has 3 nitrogen and oxygen atoms in total. The van der Waals surface area contributed by atoms with Crippen LogP contribution in [0.1, 0.15) is 46.0 Å². The van der Waals surface area contributed by atoms with Crippen molar-refractivity contribution in [1.29, 1.82) is 0 Å². The Bertz CT molecular complexity index is 270. The van der Waals surface area contributed by atoms with Crippen LogP contribution in [0.15, 0.2) is 0 Å². The van der Waals surface area contributed by atoms with E-state index in [0.29, 0.717) is 0 Å². The van der Waals surface area contributed by atoms with Crippen LogP contribution in [0.4, 0.5) is 0 Å². The van der Waals surface area contributed by atoms with Crippen LogP contribution < -0.4 is 0 Å². The van der Waals surface area contributed by atoms with Crippen LogP contribution in [-0.4, -0.2) is 24.3 Å². The molecule has 3 heteroatoms. The van der Waals surface area contributed by atoms with Gasteiger partial charge in [0, 0.05) is 0 Å². The molecule has 0 aromatic heterocycles. The highest BCUT2D eigenvalue weighted by atomic mass is 16.7. The van der Waals surface area contributed by atoms with E-state index in [1.54, 1.807) is 0 Å². The lowest BCUT2D eigenvalue weighted by molar-refractivity contribution is -0.146. The molecule has 2 rings (SSSR count). The van der Waals surface area contributed by atoms with E-state index < -0.39 is 5.60 Å². The van der Waals surface area contributed by atoms with Gasteiger partial charge in [0.25, 0.3) is 0 Å². The van der Waals surface area contributed by atoms with Crippen LogP contribution in [0.2, 0.25) is 0 Å². The Balaban J connectivity index is 1.96. The fraction of sp³-hybridized carbons (Fsp3) is 0.917. The van der Waals surface area contributed by atoms with Gasteiger partial charge in [0.05, 0.1) is 7.11 Å². The van der Waals surface area contributed by atoms with Gasteiger partial charge in [0.15, 0.2) is 5.60 Å². The molecule has 1 heterocycles. The Morgan fingerprint density at radius 1 is 1.40 bits per heavy atom. The van der Waals surface area contributed by atoms with Crippen molar-refractivity contribution in [1.82, 2.24) is 0 Å². The molecule has 1 aliphatic carbocycles. The highest BCUT2D eigenvalue weighted by Gasteiger charge is 2.69. The van der Waals surface area contributed by atoms with Gasteiger partial charge in [-0.25, -0.2) is 4.79 Å². The molecule has 2 unspecified atom stereocenters. The third kappa shape index (κ3) is 1.67. The first-order chi connectivity index (χ1) is 7.02. The molecule has 0 bridgehead atoms. The number of hydrogen-bond acceptors (Lipinski definition) is 3. The maximum absolute atomic E-state index is 11.5. The maximum Gasteiger partial charge on any atom is 0.340 e. The number of rotatable bonds is 3. The third-order valence-corrected chi connectivity index (χ3v) is 4.12. The zero-order chi connectivity index (χ0) is 11.1. The normalized spacial score (nSPS) is 40.5. The summed E-state index contributed by atoms with van der Waals surface area (Å²) in [5.74, 6) is 0.504. The van der Waals surface area contributed by atoms with Gasteiger partial charge >= 0.3 is 5.97 Å². The average Bonchev–Trinajstić information content (AvgIpc) is 2.60. The van der Waals surface area contributed by atoms with Crippen LogP contribution in [0.25, 0.3) is 0 Å². The van der Waals surface area contributed by atoms with Gasteiger partial charge in [0.2, 0.25) is 0 Å². The molecule has 0 N–H and O–H groups in total. The highest BCUT2D eigenvalue weighted by molar-refractivity contribution is 5.84. The van der Waals surface area contributed by atoms with Gasteiger partial charge in [-0.15, -0.1) is 0 Å². The van der Waals surface area contributed by atoms with Crippen LogP contribution in [0.3, 0.4) is 0 Å². The van der Waals surface area contributed by atoms with Crippen molar-refractivity contribution in [3.63, 3.8) is 0 Å². The lowest BCUT2D eigenvalue weighted by Gasteiger charge is -2.15. The minimum Gasteiger partial charge on any atom is -0.467 e. The van der Waals surface area contributed by atoms with E-state index in [9.17, 15) is 4.79 Å². The minimum atomic E-state index is -0.690. The largest absolute Gasteiger partial charge is 0.467 e. The van der Waals surface area contributed by atoms with E-state index in [1.165, 1.54) is 32.8 Å². The quantitative estimate of drug-likeness (QED) is 0.532. The molecule has 2 atom stereocenters. The van der Waals surface area contributed by atoms with Crippen molar-refractivity contribution in [2.24, 2.45) is 5.92 Å². The van der Waals surface area contributed by atoms with Crippen LogP contribution in [-0.2, 0) is 14.3 Å². The number of esters is 1. The monoisotopic (exact) mass is 212 g/mol. The number of epoxide rings is 1. The summed E-state index contributed by atoms with van der Waals surface area (Å²) in [6, 6.07) is 0. The number of carbonyl (C=O) groups excluding carboxylic acids is 1. The summed E-state index contributed by atoms with van der Waals surface area (Å²) in [5, 5.41) is 0. The van der Waals surface area contributed by atoms with Crippen LogP contribution in [0, 0.1) is 5.92 Å². The molecule has 0 aromatic rings. The molecule has 1 aliphatic heterocycles. The lowest BCUT2D eigenvalue weighted by atomic mass is 9.86. The summed E-state index contributed by atoms with van der Waals surface area (Å²) in [6.45, 7) is 3.87. The zero-order valence-corrected chi connectivity index (χ0v) is 9.84. The second-order valence-electron chi connectivity index (χ2n) is 5.21. The number of methoxy groups -OCH3 is 1. The van der Waals surface area contributed by atoms with Gasteiger partial charge in [-0.3, -0.25) is 0 Å². The number of hydrogen-bond donors (Lipinski definition) is 0. The number of ether oxygens (including phenoxy) is 2. The third-order valence-electron chi connectivity index (χ3n) is 4.12. The van der Waals surface area contributed by atoms with Gasteiger partial charge in [-0.1, -0.05) is 25.7 Å². The highest BCUT2D eigenvalue weighted by Crippen LogP contribution is 2.53. The molecule has 1 saturated carbocycles. The van der Waals surface area contributed by atoms with E-state index >= 15 is 0 Å². The van der Waals surface area contributed by atoms with E-state index in [-0.39, 0.29) is 11.6 Å². The molecule has 0 amide bonds. The molecule has 1 saturated heterocycles. The molecule has 2 aliphatic rings. The maximum atomic E-state index is 11.5. The fourth-order valence-corrected chi connectivity index (χ4v) is 2.88. The average molecular weight is 212 g/mol. The first-order valence-electron chi connectivity index (χ1n) is 5.80. The van der Waals surface area contributed by atoms with Gasteiger partial charge in [0.1, 0.15) is 5.60 Å². The molecule has 0 radical (unpaired) electrons. The Morgan fingerprint density at radius 2 is 2.00 bits per heavy atom. The van der Waals surface area contributed by atoms with E-state index in [0.717, 1.165) is 12.3 Å². The van der Waals surface area contributed by atoms with Crippen molar-refractivity contribution < 1.29 is 14.3 Å². The van der Waals surface area contributed by atoms with Crippen molar-refractivity contribution in [3.8, 4) is 0 Å². The SMILES string of the molecule is COC(=O)C1(C)OC1(C)CC1CCCC1. The zero-order valence-electron chi connectivity index (χ0n) is 9.84. The molecule has 0 spiro atoms. The van der Waals surface area contributed by atoms with Crippen molar-refractivity contribution in [2.75, 3.05) is 7.11 Å². The second-order valence-corrected chi connectivity index (χ2v) is 5.21. The standard InChI is InChI=1S/C12H20O3/c1-11(8-9-6-4-5-7-9)12(2,15-11)10(13)14-3/h9H,4-8H2,1-3H3. The first kappa shape index (κ1) is 10.9. The molecule has 2 fully saturated rings. The lowest BCUT2D eigenvalue weighted by Crippen LogP contribution is -2.31. The van der Waals surface area contributed by atoms with Gasteiger partial charge < -0.3 is 9.47 Å². The minimum absolute atomic E-state index is 0.233. The summed E-state index contributed by atoms with van der Waals surface area (Å²) in [6.07, 6.45) is 6.23. The predicted octanol–water partition coefficient (Wildman–Crippen LogP) is 2.29. The Labute approximate surface area is 91.1 Å². The van der Waals surface area contributed by atoms with E-state index in [1.807, 2.05) is 13.8 Å². The molecule has 15 heavy (non-hydrogen) atoms. The number of carbonyl (C=O) groups is 1. The first-order valence-corrected chi connectivity index (χ1v) is 5.80. The summed E-state index contributed by atoms with van der Waals surface area (Å²) >= 11 is 0. The van der Waals surface area contributed by atoms with E-state index in [4.69, 9.17) is 9.47 Å². The van der Waals surface area contributed by atoms with Gasteiger partial charge in [-0.2, -0.15) is 0 Å². The fourth-order valence-electron chi connectivity index (χ4n) is 2.88. The molecule has 86 valence electrons. The molecular formula is C12H20O3. The van der Waals surface area contributed by atoms with E-state index in [2.05, 4.69) is 0 Å². The topological polar surface area (TPSA) is 38.8 Å². The summed E-state index contributed by atoms with van der Waals surface area (Å²) in [5.41, 5.74) is -0.973. The van der Waals surface area contributed by atoms with Crippen LogP contribution in [0.5, 0.6) is 0 Å². The summed E-state index contributed by atoms with van der Waals surface area (Å²) in [7, 11) is 1.42. The van der Waals surface area contributed by atoms with Crippen molar-refractivity contribution in [3.05, 3.63) is 0 Å². The van der Waals surface area contributed by atoms with Gasteiger partial charge in [-0.05, 0) is 26.2 Å². The molecular weight excluding hydrogens is 192 g/mol. The summed E-state index contributed by atoms with van der Waals surface area (Å²) in [4.78, 5) is 11.5. The Morgan fingerprint density at radius 3 is 2.53 bits per heavy atom. The Kier molecular flexibility index (Phi) is 2.53. The van der Waals surface area contributed by atoms with Crippen LogP contribution >= 0.6 is 0 Å². The summed E-state index contributed by atoms with van der Waals surface area (Å²) < 4.78 is 10.4.